The number of halogens is 1. The van der Waals surface area contributed by atoms with Crippen molar-refractivity contribution in [1.29, 1.82) is 0 Å². The SMILES string of the molecule is Cc1cc(OCc2cccnc2NN)ccc1Br. The lowest BCUT2D eigenvalue weighted by molar-refractivity contribution is 0.306. The Morgan fingerprint density at radius 2 is 2.22 bits per heavy atom. The normalized spacial score (nSPS) is 10.2. The van der Waals surface area contributed by atoms with Crippen LogP contribution in [0.5, 0.6) is 5.75 Å². The highest BCUT2D eigenvalue weighted by atomic mass is 79.9. The lowest BCUT2D eigenvalue weighted by Gasteiger charge is -2.10. The van der Waals surface area contributed by atoms with E-state index in [0.29, 0.717) is 12.4 Å². The van der Waals surface area contributed by atoms with Gasteiger partial charge in [0.25, 0.3) is 0 Å². The Bertz CT molecular complexity index is 546. The second-order valence-electron chi connectivity index (χ2n) is 3.86. The van der Waals surface area contributed by atoms with Gasteiger partial charge < -0.3 is 10.2 Å². The number of benzene rings is 1. The molecule has 0 aliphatic rings. The number of ether oxygens (including phenoxy) is 1. The fourth-order valence-electron chi connectivity index (χ4n) is 1.55. The first-order valence-corrected chi connectivity index (χ1v) is 6.29. The summed E-state index contributed by atoms with van der Waals surface area (Å²) in [6.07, 6.45) is 1.68. The van der Waals surface area contributed by atoms with Gasteiger partial charge in [-0.1, -0.05) is 22.0 Å². The lowest BCUT2D eigenvalue weighted by Crippen LogP contribution is -2.12. The molecule has 0 fully saturated rings. The van der Waals surface area contributed by atoms with E-state index in [4.69, 9.17) is 10.6 Å². The second-order valence-corrected chi connectivity index (χ2v) is 4.71. The third-order valence-electron chi connectivity index (χ3n) is 2.55. The number of hydrazine groups is 1. The number of hydrogen-bond acceptors (Lipinski definition) is 4. The zero-order valence-corrected chi connectivity index (χ0v) is 11.6. The van der Waals surface area contributed by atoms with Crippen molar-refractivity contribution in [3.63, 3.8) is 0 Å². The highest BCUT2D eigenvalue weighted by Crippen LogP contribution is 2.22. The fourth-order valence-corrected chi connectivity index (χ4v) is 1.80. The van der Waals surface area contributed by atoms with Crippen LogP contribution >= 0.6 is 15.9 Å². The molecule has 0 aliphatic carbocycles. The van der Waals surface area contributed by atoms with Gasteiger partial charge in [-0.3, -0.25) is 0 Å². The minimum atomic E-state index is 0.425. The number of aryl methyl sites for hydroxylation is 1. The summed E-state index contributed by atoms with van der Waals surface area (Å²) in [4.78, 5) is 4.12. The molecule has 2 aromatic rings. The molecule has 1 aromatic carbocycles. The van der Waals surface area contributed by atoms with Crippen LogP contribution in [-0.2, 0) is 6.61 Å². The van der Waals surface area contributed by atoms with Crippen LogP contribution in [0.25, 0.3) is 0 Å². The van der Waals surface area contributed by atoms with Crippen molar-refractivity contribution in [2.24, 2.45) is 5.84 Å². The van der Waals surface area contributed by atoms with Crippen LogP contribution in [0.2, 0.25) is 0 Å². The Kier molecular flexibility index (Phi) is 4.17. The van der Waals surface area contributed by atoms with E-state index in [1.807, 2.05) is 37.3 Å². The molecule has 4 nitrogen and oxygen atoms in total. The van der Waals surface area contributed by atoms with Crippen molar-refractivity contribution >= 4 is 21.7 Å². The Hall–Kier alpha value is -1.59. The molecule has 94 valence electrons. The number of pyridine rings is 1. The molecule has 3 N–H and O–H groups in total. The number of nitrogens with one attached hydrogen (secondary N) is 1. The summed E-state index contributed by atoms with van der Waals surface area (Å²) in [5.74, 6) is 6.84. The summed E-state index contributed by atoms with van der Waals surface area (Å²) in [7, 11) is 0. The van der Waals surface area contributed by atoms with Crippen molar-refractivity contribution in [3.8, 4) is 5.75 Å². The zero-order valence-electron chi connectivity index (χ0n) is 9.98. The van der Waals surface area contributed by atoms with E-state index < -0.39 is 0 Å². The molecule has 0 amide bonds. The molecule has 0 atom stereocenters. The lowest BCUT2D eigenvalue weighted by atomic mass is 10.2. The van der Waals surface area contributed by atoms with Gasteiger partial charge in [0.1, 0.15) is 18.2 Å². The second kappa shape index (κ2) is 5.84. The summed E-state index contributed by atoms with van der Waals surface area (Å²) >= 11 is 3.46. The van der Waals surface area contributed by atoms with Crippen molar-refractivity contribution in [2.45, 2.75) is 13.5 Å². The molecule has 0 spiro atoms. The minimum Gasteiger partial charge on any atom is -0.489 e. The molecule has 1 heterocycles. The van der Waals surface area contributed by atoms with E-state index in [0.717, 1.165) is 21.3 Å². The third-order valence-corrected chi connectivity index (χ3v) is 3.44. The highest BCUT2D eigenvalue weighted by molar-refractivity contribution is 9.10. The van der Waals surface area contributed by atoms with Crippen molar-refractivity contribution < 1.29 is 4.74 Å². The van der Waals surface area contributed by atoms with Gasteiger partial charge in [-0.25, -0.2) is 10.8 Å². The minimum absolute atomic E-state index is 0.425. The largest absolute Gasteiger partial charge is 0.489 e. The maximum Gasteiger partial charge on any atom is 0.146 e. The van der Waals surface area contributed by atoms with Gasteiger partial charge in [0, 0.05) is 16.2 Å². The Balaban J connectivity index is 2.09. The van der Waals surface area contributed by atoms with E-state index in [1.54, 1.807) is 6.20 Å². The van der Waals surface area contributed by atoms with Crippen LogP contribution < -0.4 is 16.0 Å². The van der Waals surface area contributed by atoms with Crippen molar-refractivity contribution in [2.75, 3.05) is 5.43 Å². The first-order chi connectivity index (χ1) is 8.70. The van der Waals surface area contributed by atoms with Crippen LogP contribution in [0.3, 0.4) is 0 Å². The molecule has 2 rings (SSSR count). The van der Waals surface area contributed by atoms with E-state index in [2.05, 4.69) is 26.3 Å². The fraction of sp³-hybridized carbons (Fsp3) is 0.154. The molecule has 5 heteroatoms. The molecule has 0 saturated carbocycles. The van der Waals surface area contributed by atoms with Gasteiger partial charge in [-0.05, 0) is 36.8 Å². The predicted octanol–water partition coefficient (Wildman–Crippen LogP) is 3.02. The average molecular weight is 308 g/mol. The number of aromatic nitrogens is 1. The van der Waals surface area contributed by atoms with Crippen molar-refractivity contribution in [3.05, 3.63) is 52.1 Å². The van der Waals surface area contributed by atoms with E-state index >= 15 is 0 Å². The maximum absolute atomic E-state index is 5.71. The molecule has 0 saturated heterocycles. The topological polar surface area (TPSA) is 60.2 Å². The first kappa shape index (κ1) is 12.9. The van der Waals surface area contributed by atoms with E-state index in [-0.39, 0.29) is 0 Å². The highest BCUT2D eigenvalue weighted by Gasteiger charge is 2.03. The molecular weight excluding hydrogens is 294 g/mol. The van der Waals surface area contributed by atoms with Crippen LogP contribution in [0.1, 0.15) is 11.1 Å². The van der Waals surface area contributed by atoms with Gasteiger partial charge in [-0.15, -0.1) is 0 Å². The van der Waals surface area contributed by atoms with Gasteiger partial charge in [-0.2, -0.15) is 0 Å². The molecular formula is C13H14BrN3O. The quantitative estimate of drug-likeness (QED) is 0.673. The van der Waals surface area contributed by atoms with Gasteiger partial charge >= 0.3 is 0 Å². The van der Waals surface area contributed by atoms with Gasteiger partial charge in [0.2, 0.25) is 0 Å². The first-order valence-electron chi connectivity index (χ1n) is 5.50. The molecule has 0 bridgehead atoms. The number of nitrogen functional groups attached to an aromatic ring is 1. The number of rotatable bonds is 4. The Morgan fingerprint density at radius 1 is 1.39 bits per heavy atom. The maximum atomic E-state index is 5.71. The van der Waals surface area contributed by atoms with Gasteiger partial charge in [0.05, 0.1) is 0 Å². The summed E-state index contributed by atoms with van der Waals surface area (Å²) in [5.41, 5.74) is 4.61. The smallest absolute Gasteiger partial charge is 0.146 e. The average Bonchev–Trinajstić information content (AvgIpc) is 2.40. The number of nitrogens with zero attached hydrogens (tertiary/aromatic N) is 1. The van der Waals surface area contributed by atoms with Crippen molar-refractivity contribution in [1.82, 2.24) is 4.98 Å². The summed E-state index contributed by atoms with van der Waals surface area (Å²) in [6, 6.07) is 9.65. The Morgan fingerprint density at radius 3 is 2.94 bits per heavy atom. The van der Waals surface area contributed by atoms with Crippen LogP contribution in [0.15, 0.2) is 41.0 Å². The summed E-state index contributed by atoms with van der Waals surface area (Å²) in [5, 5.41) is 0. The zero-order chi connectivity index (χ0) is 13.0. The predicted molar refractivity (Wildman–Crippen MR) is 75.3 cm³/mol. The van der Waals surface area contributed by atoms with E-state index in [1.165, 1.54) is 0 Å². The summed E-state index contributed by atoms with van der Waals surface area (Å²) < 4.78 is 6.78. The molecule has 0 radical (unpaired) electrons. The molecule has 0 unspecified atom stereocenters. The number of nitrogens with two attached hydrogens (primary N) is 1. The van der Waals surface area contributed by atoms with Gasteiger partial charge in [0.15, 0.2) is 0 Å². The summed E-state index contributed by atoms with van der Waals surface area (Å²) in [6.45, 7) is 2.45. The van der Waals surface area contributed by atoms with E-state index in [9.17, 15) is 0 Å². The standard InChI is InChI=1S/C13H14BrN3O/c1-9-7-11(4-5-12(9)14)18-8-10-3-2-6-16-13(10)17-15/h2-7H,8,15H2,1H3,(H,16,17). The number of anilines is 1. The molecule has 1 aromatic heterocycles. The monoisotopic (exact) mass is 307 g/mol. The number of hydrogen-bond donors (Lipinski definition) is 2. The van der Waals surface area contributed by atoms with Crippen LogP contribution in [-0.4, -0.2) is 4.98 Å². The molecule has 0 aliphatic heterocycles. The third kappa shape index (κ3) is 3.00. The molecule has 18 heavy (non-hydrogen) atoms. The van der Waals surface area contributed by atoms with Crippen LogP contribution in [0, 0.1) is 6.92 Å². The van der Waals surface area contributed by atoms with Crippen LogP contribution in [0.4, 0.5) is 5.82 Å². The Labute approximate surface area is 114 Å².